The molecule has 6 nitrogen and oxygen atoms in total. The zero-order valence-corrected chi connectivity index (χ0v) is 15.5. The highest BCUT2D eigenvalue weighted by Gasteiger charge is 2.23. The molecule has 2 unspecified atom stereocenters. The van der Waals surface area contributed by atoms with Gasteiger partial charge in [-0.25, -0.2) is 13.1 Å². The summed E-state index contributed by atoms with van der Waals surface area (Å²) in [6, 6.07) is 3.36. The molecule has 0 radical (unpaired) electrons. The fourth-order valence-corrected chi connectivity index (χ4v) is 4.07. The van der Waals surface area contributed by atoms with Gasteiger partial charge in [0.1, 0.15) is 5.75 Å². The van der Waals surface area contributed by atoms with E-state index in [9.17, 15) is 17.2 Å². The molecule has 2 atom stereocenters. The molecule has 1 aliphatic rings. The molecule has 0 bridgehead atoms. The van der Waals surface area contributed by atoms with Crippen molar-refractivity contribution in [3.8, 4) is 5.75 Å². The van der Waals surface area contributed by atoms with Crippen LogP contribution in [0.4, 0.5) is 8.78 Å². The second-order valence-electron chi connectivity index (χ2n) is 5.89. The minimum Gasteiger partial charge on any atom is -0.433 e. The van der Waals surface area contributed by atoms with E-state index in [-0.39, 0.29) is 34.4 Å². The molecule has 1 saturated heterocycles. The third-order valence-corrected chi connectivity index (χ3v) is 5.40. The smallest absolute Gasteiger partial charge is 0.387 e. The second-order valence-corrected chi connectivity index (χ2v) is 8.06. The molecule has 142 valence electrons. The maximum Gasteiger partial charge on any atom is 0.387 e. The number of morpholine rings is 1. The summed E-state index contributed by atoms with van der Waals surface area (Å²) in [5.41, 5.74) is 0. The Kier molecular flexibility index (Phi) is 6.98. The molecule has 0 amide bonds. The van der Waals surface area contributed by atoms with Crippen LogP contribution in [0.5, 0.6) is 5.75 Å². The average molecular weight is 399 g/mol. The molecule has 25 heavy (non-hydrogen) atoms. The van der Waals surface area contributed by atoms with Gasteiger partial charge in [-0.2, -0.15) is 8.78 Å². The van der Waals surface area contributed by atoms with Crippen molar-refractivity contribution in [2.45, 2.75) is 37.6 Å². The molecule has 1 N–H and O–H groups in total. The number of sulfonamides is 1. The van der Waals surface area contributed by atoms with Gasteiger partial charge in [0.2, 0.25) is 10.0 Å². The van der Waals surface area contributed by atoms with Crippen molar-refractivity contribution < 1.29 is 26.7 Å². The molecule has 1 aliphatic heterocycles. The van der Waals surface area contributed by atoms with Gasteiger partial charge in [0.15, 0.2) is 0 Å². The van der Waals surface area contributed by atoms with Crippen LogP contribution in [0, 0.1) is 0 Å². The van der Waals surface area contributed by atoms with Crippen molar-refractivity contribution in [2.24, 2.45) is 0 Å². The molecule has 2 rings (SSSR count). The summed E-state index contributed by atoms with van der Waals surface area (Å²) in [5.74, 6) is -0.271. The normalized spacial score (nSPS) is 22.3. The van der Waals surface area contributed by atoms with Gasteiger partial charge in [-0.1, -0.05) is 11.6 Å². The number of ether oxygens (including phenoxy) is 2. The van der Waals surface area contributed by atoms with E-state index in [0.717, 1.165) is 25.2 Å². The molecule has 1 aromatic carbocycles. The molecular weight excluding hydrogens is 378 g/mol. The van der Waals surface area contributed by atoms with Crippen molar-refractivity contribution in [1.29, 1.82) is 0 Å². The van der Waals surface area contributed by atoms with Gasteiger partial charge in [-0.15, -0.1) is 0 Å². The highest BCUT2D eigenvalue weighted by Crippen LogP contribution is 2.28. The summed E-state index contributed by atoms with van der Waals surface area (Å²) in [4.78, 5) is 2.01. The van der Waals surface area contributed by atoms with Crippen LogP contribution in [0.1, 0.15) is 13.8 Å². The van der Waals surface area contributed by atoms with Crippen molar-refractivity contribution in [3.63, 3.8) is 0 Å². The minimum absolute atomic E-state index is 0.0987. The van der Waals surface area contributed by atoms with Crippen molar-refractivity contribution >= 4 is 21.6 Å². The zero-order chi connectivity index (χ0) is 18.6. The predicted molar refractivity (Wildman–Crippen MR) is 89.7 cm³/mol. The zero-order valence-electron chi connectivity index (χ0n) is 13.9. The number of nitrogens with one attached hydrogen (secondary N) is 1. The number of nitrogens with zero attached hydrogens (tertiary/aromatic N) is 1. The van der Waals surface area contributed by atoms with Gasteiger partial charge < -0.3 is 9.47 Å². The Morgan fingerprint density at radius 1 is 1.36 bits per heavy atom. The molecule has 1 heterocycles. The number of hydrogen-bond acceptors (Lipinski definition) is 5. The molecule has 0 spiro atoms. The van der Waals surface area contributed by atoms with Gasteiger partial charge in [0.05, 0.1) is 22.1 Å². The van der Waals surface area contributed by atoms with Gasteiger partial charge in [-0.3, -0.25) is 4.90 Å². The molecule has 0 aliphatic carbocycles. The van der Waals surface area contributed by atoms with Gasteiger partial charge in [-0.05, 0) is 32.0 Å². The summed E-state index contributed by atoms with van der Waals surface area (Å²) in [7, 11) is -3.79. The number of benzene rings is 1. The van der Waals surface area contributed by atoms with E-state index >= 15 is 0 Å². The molecule has 1 fully saturated rings. The van der Waals surface area contributed by atoms with Crippen molar-refractivity contribution in [3.05, 3.63) is 23.2 Å². The molecular formula is C15H21ClF2N2O4S. The SMILES string of the molecule is CC1CN(CCNS(=O)(=O)c2ccc(OC(F)F)c(Cl)c2)CC(C)O1. The fourth-order valence-electron chi connectivity index (χ4n) is 2.73. The summed E-state index contributed by atoms with van der Waals surface area (Å²) in [6.07, 6.45) is 0.197. The summed E-state index contributed by atoms with van der Waals surface area (Å²) < 4.78 is 61.3. The van der Waals surface area contributed by atoms with Crippen LogP contribution >= 0.6 is 11.6 Å². The summed E-state index contributed by atoms with van der Waals surface area (Å²) in [6.45, 7) is 3.13. The number of halogens is 3. The first-order chi connectivity index (χ1) is 11.7. The topological polar surface area (TPSA) is 67.9 Å². The van der Waals surface area contributed by atoms with Crippen LogP contribution in [-0.2, 0) is 14.8 Å². The lowest BCUT2D eigenvalue weighted by atomic mass is 10.2. The second kappa shape index (κ2) is 8.59. The highest BCUT2D eigenvalue weighted by molar-refractivity contribution is 7.89. The predicted octanol–water partition coefficient (Wildman–Crippen LogP) is 2.33. The highest BCUT2D eigenvalue weighted by atomic mass is 35.5. The Labute approximate surface area is 151 Å². The quantitative estimate of drug-likeness (QED) is 0.763. The van der Waals surface area contributed by atoms with E-state index in [1.807, 2.05) is 13.8 Å². The molecule has 10 heteroatoms. The van der Waals surface area contributed by atoms with E-state index in [0.29, 0.717) is 6.54 Å². The first kappa shape index (κ1) is 20.3. The first-order valence-electron chi connectivity index (χ1n) is 7.79. The van der Waals surface area contributed by atoms with E-state index < -0.39 is 16.6 Å². The Hall–Kier alpha value is -1.00. The van der Waals surface area contributed by atoms with Crippen LogP contribution in [0.2, 0.25) is 5.02 Å². The fraction of sp³-hybridized carbons (Fsp3) is 0.600. The van der Waals surface area contributed by atoms with Crippen LogP contribution in [0.15, 0.2) is 23.1 Å². The lowest BCUT2D eigenvalue weighted by molar-refractivity contribution is -0.0671. The Morgan fingerprint density at radius 3 is 2.56 bits per heavy atom. The number of hydrogen-bond donors (Lipinski definition) is 1. The van der Waals surface area contributed by atoms with Crippen LogP contribution in [0.25, 0.3) is 0 Å². The van der Waals surface area contributed by atoms with E-state index in [1.165, 1.54) is 6.07 Å². The standard InChI is InChI=1S/C15H21ClF2N2O4S/c1-10-8-20(9-11(2)23-10)6-5-19-25(21,22)12-3-4-14(13(16)7-12)24-15(17)18/h3-4,7,10-11,15,19H,5-6,8-9H2,1-2H3. The number of rotatable bonds is 7. The number of alkyl halides is 2. The van der Waals surface area contributed by atoms with Gasteiger partial charge >= 0.3 is 6.61 Å². The third-order valence-electron chi connectivity index (χ3n) is 3.65. The maximum atomic E-state index is 12.3. The molecule has 0 aromatic heterocycles. The summed E-state index contributed by atoms with van der Waals surface area (Å²) in [5, 5.41) is -0.195. The van der Waals surface area contributed by atoms with Crippen molar-refractivity contribution in [2.75, 3.05) is 26.2 Å². The van der Waals surface area contributed by atoms with Crippen LogP contribution < -0.4 is 9.46 Å². The van der Waals surface area contributed by atoms with E-state index in [2.05, 4.69) is 14.4 Å². The Morgan fingerprint density at radius 2 is 2.00 bits per heavy atom. The first-order valence-corrected chi connectivity index (χ1v) is 9.65. The van der Waals surface area contributed by atoms with Gasteiger partial charge in [0, 0.05) is 26.2 Å². The molecule has 1 aromatic rings. The van der Waals surface area contributed by atoms with Crippen LogP contribution in [0.3, 0.4) is 0 Å². The lowest BCUT2D eigenvalue weighted by Gasteiger charge is -2.35. The van der Waals surface area contributed by atoms with Gasteiger partial charge in [0.25, 0.3) is 0 Å². The summed E-state index contributed by atoms with van der Waals surface area (Å²) >= 11 is 5.79. The third kappa shape index (κ3) is 6.03. The average Bonchev–Trinajstić information content (AvgIpc) is 2.47. The Bertz CT molecular complexity index is 680. The van der Waals surface area contributed by atoms with E-state index in [4.69, 9.17) is 16.3 Å². The monoisotopic (exact) mass is 398 g/mol. The Balaban J connectivity index is 1.94. The largest absolute Gasteiger partial charge is 0.433 e. The lowest BCUT2D eigenvalue weighted by Crippen LogP contribution is -2.47. The minimum atomic E-state index is -3.79. The maximum absolute atomic E-state index is 12.3. The molecule has 0 saturated carbocycles. The van der Waals surface area contributed by atoms with Crippen molar-refractivity contribution in [1.82, 2.24) is 9.62 Å². The van der Waals surface area contributed by atoms with Crippen LogP contribution in [-0.4, -0.2) is 58.3 Å². The van der Waals surface area contributed by atoms with E-state index in [1.54, 1.807) is 0 Å².